The summed E-state index contributed by atoms with van der Waals surface area (Å²) in [6.45, 7) is 8.16. The number of rotatable bonds is 10. The van der Waals surface area contributed by atoms with E-state index in [-0.39, 0.29) is 0 Å². The molecular weight excluding hydrogens is 394 g/mol. The Hall–Kier alpha value is -2.17. The van der Waals surface area contributed by atoms with E-state index < -0.39 is 0 Å². The van der Waals surface area contributed by atoms with Crippen LogP contribution in [0.2, 0.25) is 0 Å². The van der Waals surface area contributed by atoms with Gasteiger partial charge in [0.25, 0.3) is 0 Å². The Bertz CT molecular complexity index is 892. The second kappa shape index (κ2) is 9.85. The predicted octanol–water partition coefficient (Wildman–Crippen LogP) is 3.20. The van der Waals surface area contributed by atoms with Gasteiger partial charge in [-0.1, -0.05) is 49.1 Å². The normalized spacial score (nSPS) is 11.3. The van der Waals surface area contributed by atoms with Crippen molar-refractivity contribution in [1.29, 1.82) is 0 Å². The molecule has 0 bridgehead atoms. The van der Waals surface area contributed by atoms with Gasteiger partial charge in [-0.25, -0.2) is 0 Å². The molecule has 2 heterocycles. The third-order valence-corrected chi connectivity index (χ3v) is 5.75. The van der Waals surface area contributed by atoms with Crippen LogP contribution in [-0.2, 0) is 0 Å². The number of hydrogen-bond acceptors (Lipinski definition) is 9. The van der Waals surface area contributed by atoms with E-state index in [1.807, 2.05) is 30.5 Å². The molecule has 0 atom stereocenters. The van der Waals surface area contributed by atoms with Crippen LogP contribution in [0.3, 0.4) is 0 Å². The van der Waals surface area contributed by atoms with Gasteiger partial charge in [-0.2, -0.15) is 9.67 Å². The molecule has 8 nitrogen and oxygen atoms in total. The molecule has 0 spiro atoms. The van der Waals surface area contributed by atoms with E-state index in [4.69, 9.17) is 10.5 Å². The van der Waals surface area contributed by atoms with Gasteiger partial charge < -0.3 is 15.4 Å². The Labute approximate surface area is 173 Å². The Morgan fingerprint density at radius 3 is 2.71 bits per heavy atom. The van der Waals surface area contributed by atoms with Crippen molar-refractivity contribution in [3.8, 4) is 21.5 Å². The summed E-state index contributed by atoms with van der Waals surface area (Å²) >= 11 is 2.83. The third kappa shape index (κ3) is 4.81. The number of nitrogen functional groups attached to an aromatic ring is 1. The van der Waals surface area contributed by atoms with Gasteiger partial charge in [-0.15, -0.1) is 15.3 Å². The zero-order chi connectivity index (χ0) is 19.9. The molecule has 0 saturated heterocycles. The fourth-order valence-electron chi connectivity index (χ4n) is 2.72. The first-order valence-electron chi connectivity index (χ1n) is 9.21. The van der Waals surface area contributed by atoms with E-state index >= 15 is 0 Å². The zero-order valence-electron chi connectivity index (χ0n) is 16.3. The summed E-state index contributed by atoms with van der Waals surface area (Å²) in [6.07, 6.45) is 2.88. The highest BCUT2D eigenvalue weighted by atomic mass is 32.2. The molecule has 0 radical (unpaired) electrons. The number of anilines is 1. The van der Waals surface area contributed by atoms with Gasteiger partial charge in [-0.05, 0) is 37.9 Å². The van der Waals surface area contributed by atoms with Crippen LogP contribution < -0.4 is 10.5 Å². The maximum atomic E-state index is 6.04. The zero-order valence-corrected chi connectivity index (χ0v) is 18.0. The second-order valence-electron chi connectivity index (χ2n) is 5.98. The lowest BCUT2D eigenvalue weighted by atomic mass is 10.2. The van der Waals surface area contributed by atoms with E-state index in [1.165, 1.54) is 27.8 Å². The molecule has 0 aliphatic carbocycles. The second-order valence-corrected chi connectivity index (χ2v) is 7.71. The minimum absolute atomic E-state index is 0.299. The molecule has 2 aromatic heterocycles. The van der Waals surface area contributed by atoms with Crippen LogP contribution in [0.4, 0.5) is 5.95 Å². The topological polar surface area (TPSA) is 95.0 Å². The van der Waals surface area contributed by atoms with E-state index in [0.717, 1.165) is 42.4 Å². The van der Waals surface area contributed by atoms with Gasteiger partial charge in [0, 0.05) is 6.54 Å². The summed E-state index contributed by atoms with van der Waals surface area (Å²) in [5, 5.41) is 14.8. The highest BCUT2D eigenvalue weighted by Crippen LogP contribution is 2.33. The monoisotopic (exact) mass is 419 g/mol. The molecule has 2 N–H and O–H groups in total. The van der Waals surface area contributed by atoms with Gasteiger partial charge in [-0.3, -0.25) is 0 Å². The lowest BCUT2D eigenvalue weighted by molar-refractivity contribution is 0.249. The van der Waals surface area contributed by atoms with Gasteiger partial charge in [0.1, 0.15) is 5.75 Å². The number of thioether (sulfide) groups is 1. The molecule has 0 aliphatic heterocycles. The largest absolute Gasteiger partial charge is 0.493 e. The maximum Gasteiger partial charge on any atom is 0.236 e. The Kier molecular flexibility index (Phi) is 7.24. The summed E-state index contributed by atoms with van der Waals surface area (Å²) < 4.78 is 7.56. The molecule has 3 aromatic rings. The smallest absolute Gasteiger partial charge is 0.236 e. The fraction of sp³-hybridized carbons (Fsp3) is 0.444. The van der Waals surface area contributed by atoms with Gasteiger partial charge in [0.05, 0.1) is 12.2 Å². The number of para-hydroxylation sites is 1. The predicted molar refractivity (Wildman–Crippen MR) is 114 cm³/mol. The van der Waals surface area contributed by atoms with E-state index in [2.05, 4.69) is 39.0 Å². The van der Waals surface area contributed by atoms with E-state index in [0.29, 0.717) is 22.8 Å². The van der Waals surface area contributed by atoms with Crippen LogP contribution in [0, 0.1) is 0 Å². The summed E-state index contributed by atoms with van der Waals surface area (Å²) in [6, 6.07) is 7.88. The lowest BCUT2D eigenvalue weighted by Gasteiger charge is -2.18. The van der Waals surface area contributed by atoms with Crippen molar-refractivity contribution in [3.63, 3.8) is 0 Å². The molecule has 10 heteroatoms. The number of benzene rings is 1. The van der Waals surface area contributed by atoms with Crippen molar-refractivity contribution in [2.75, 3.05) is 38.2 Å². The Morgan fingerprint density at radius 1 is 1.21 bits per heavy atom. The molecule has 0 saturated carbocycles. The first kappa shape index (κ1) is 20.6. The van der Waals surface area contributed by atoms with Crippen molar-refractivity contribution < 1.29 is 4.74 Å². The summed E-state index contributed by atoms with van der Waals surface area (Å²) in [5.41, 5.74) is 6.86. The quantitative estimate of drug-likeness (QED) is 0.395. The van der Waals surface area contributed by atoms with Gasteiger partial charge in [0.2, 0.25) is 16.2 Å². The van der Waals surface area contributed by atoms with Crippen LogP contribution in [0.1, 0.15) is 20.3 Å². The first-order chi connectivity index (χ1) is 13.7. The summed E-state index contributed by atoms with van der Waals surface area (Å²) in [5.74, 6) is 1.11. The summed E-state index contributed by atoms with van der Waals surface area (Å²) in [4.78, 5) is 6.57. The van der Waals surface area contributed by atoms with Crippen LogP contribution in [-0.4, -0.2) is 62.4 Å². The van der Waals surface area contributed by atoms with Gasteiger partial charge in [0.15, 0.2) is 5.01 Å². The maximum absolute atomic E-state index is 6.04. The molecule has 0 aliphatic rings. The van der Waals surface area contributed by atoms with Crippen LogP contribution in [0.25, 0.3) is 15.7 Å². The first-order valence-corrected chi connectivity index (χ1v) is 11.2. The average Bonchev–Trinajstić information content (AvgIpc) is 3.35. The lowest BCUT2D eigenvalue weighted by Crippen LogP contribution is -2.25. The summed E-state index contributed by atoms with van der Waals surface area (Å²) in [7, 11) is 0. The average molecular weight is 420 g/mol. The van der Waals surface area contributed by atoms with Crippen molar-refractivity contribution in [1.82, 2.24) is 29.9 Å². The van der Waals surface area contributed by atoms with Crippen LogP contribution >= 0.6 is 23.1 Å². The minimum Gasteiger partial charge on any atom is -0.493 e. The van der Waals surface area contributed by atoms with Crippen molar-refractivity contribution >= 4 is 29.0 Å². The molecule has 0 amide bonds. The number of nitrogens with two attached hydrogens (primary N) is 1. The standard InChI is InChI=1S/C18H25N7OS2/c1-4-24(5-2)11-8-12-26-14-10-7-6-9-13(14)15-21-22-18(28-15)25-16(19)20-17(23-25)27-3/h6-7,9-10H,4-5,8,11-12H2,1-3H3,(H2,19,20,23). The fourth-order valence-corrected chi connectivity index (χ4v) is 3.90. The van der Waals surface area contributed by atoms with Crippen LogP contribution in [0.15, 0.2) is 29.4 Å². The number of hydrogen-bond donors (Lipinski definition) is 1. The third-order valence-electron chi connectivity index (χ3n) is 4.28. The Balaban J connectivity index is 1.72. The molecule has 150 valence electrons. The molecular formula is C18H25N7OS2. The number of aromatic nitrogens is 5. The number of nitrogens with zero attached hydrogens (tertiary/aromatic N) is 6. The minimum atomic E-state index is 0.299. The molecule has 0 unspecified atom stereocenters. The van der Waals surface area contributed by atoms with Crippen molar-refractivity contribution in [2.24, 2.45) is 0 Å². The highest BCUT2D eigenvalue weighted by Gasteiger charge is 2.16. The van der Waals surface area contributed by atoms with Crippen LogP contribution in [0.5, 0.6) is 5.75 Å². The van der Waals surface area contributed by atoms with E-state index in [1.54, 1.807) is 0 Å². The van der Waals surface area contributed by atoms with E-state index in [9.17, 15) is 0 Å². The highest BCUT2D eigenvalue weighted by molar-refractivity contribution is 7.98. The SMILES string of the molecule is CCN(CC)CCCOc1ccccc1-c1nnc(-n2nc(SC)nc2N)s1. The van der Waals surface area contributed by atoms with Gasteiger partial charge >= 0.3 is 0 Å². The van der Waals surface area contributed by atoms with Crippen molar-refractivity contribution in [3.05, 3.63) is 24.3 Å². The molecule has 0 fully saturated rings. The number of ether oxygens (including phenoxy) is 1. The molecule has 1 aromatic carbocycles. The molecule has 3 rings (SSSR count). The van der Waals surface area contributed by atoms with Crippen molar-refractivity contribution in [2.45, 2.75) is 25.4 Å². The Morgan fingerprint density at radius 2 is 2.00 bits per heavy atom. The molecule has 28 heavy (non-hydrogen) atoms.